The van der Waals surface area contributed by atoms with Gasteiger partial charge in [0.2, 0.25) is 5.89 Å². The monoisotopic (exact) mass is 262 g/mol. The number of nitrogens with one attached hydrogen (secondary N) is 1. The smallest absolute Gasteiger partial charge is 0.209 e. The Morgan fingerprint density at radius 1 is 1.47 bits per heavy atom. The average molecular weight is 262 g/mol. The molecule has 0 aliphatic carbocycles. The summed E-state index contributed by atoms with van der Waals surface area (Å²) in [4.78, 5) is 4.46. The van der Waals surface area contributed by atoms with E-state index in [4.69, 9.17) is 13.9 Å². The van der Waals surface area contributed by atoms with Gasteiger partial charge in [-0.3, -0.25) is 0 Å². The molecule has 1 aliphatic heterocycles. The van der Waals surface area contributed by atoms with E-state index in [0.29, 0.717) is 18.5 Å². The lowest BCUT2D eigenvalue weighted by Crippen LogP contribution is -2.36. The Hall–Kier alpha value is -1.59. The highest BCUT2D eigenvalue weighted by Gasteiger charge is 2.14. The largest absolute Gasteiger partial charge is 0.497 e. The molecule has 2 aromatic rings. The van der Waals surface area contributed by atoms with E-state index in [0.717, 1.165) is 42.9 Å². The zero-order valence-electron chi connectivity index (χ0n) is 11.0. The van der Waals surface area contributed by atoms with Crippen molar-refractivity contribution in [3.8, 4) is 5.75 Å². The van der Waals surface area contributed by atoms with Crippen LogP contribution in [-0.2, 0) is 11.3 Å². The summed E-state index contributed by atoms with van der Waals surface area (Å²) in [6.07, 6.45) is 2.26. The molecule has 1 aromatic carbocycles. The average Bonchev–Trinajstić information content (AvgIpc) is 2.88. The second-order valence-corrected chi connectivity index (χ2v) is 4.74. The van der Waals surface area contributed by atoms with E-state index in [1.54, 1.807) is 7.11 Å². The minimum absolute atomic E-state index is 0.401. The maximum atomic E-state index is 5.69. The van der Waals surface area contributed by atoms with Gasteiger partial charge in [0.25, 0.3) is 0 Å². The van der Waals surface area contributed by atoms with Crippen molar-refractivity contribution < 1.29 is 13.9 Å². The molecule has 5 heteroatoms. The lowest BCUT2D eigenvalue weighted by atomic mass is 10.1. The molecule has 0 amide bonds. The third kappa shape index (κ3) is 2.88. The molecule has 1 saturated heterocycles. The van der Waals surface area contributed by atoms with Crippen molar-refractivity contribution in [3.63, 3.8) is 0 Å². The first-order valence-corrected chi connectivity index (χ1v) is 6.60. The lowest BCUT2D eigenvalue weighted by Gasteiger charge is -2.22. The van der Waals surface area contributed by atoms with Crippen LogP contribution in [0.3, 0.4) is 0 Å². The molecule has 0 spiro atoms. The van der Waals surface area contributed by atoms with E-state index < -0.39 is 0 Å². The van der Waals surface area contributed by atoms with Gasteiger partial charge in [0.15, 0.2) is 5.58 Å². The highest BCUT2D eigenvalue weighted by Crippen LogP contribution is 2.21. The van der Waals surface area contributed by atoms with Crippen LogP contribution in [0.25, 0.3) is 11.1 Å². The van der Waals surface area contributed by atoms with Crippen LogP contribution >= 0.6 is 0 Å². The maximum absolute atomic E-state index is 5.69. The summed E-state index contributed by atoms with van der Waals surface area (Å²) in [6, 6.07) is 6.04. The number of aromatic nitrogens is 1. The van der Waals surface area contributed by atoms with Gasteiger partial charge in [0.1, 0.15) is 11.3 Å². The van der Waals surface area contributed by atoms with E-state index >= 15 is 0 Å². The zero-order chi connectivity index (χ0) is 13.1. The van der Waals surface area contributed by atoms with Crippen LogP contribution in [-0.4, -0.2) is 31.3 Å². The van der Waals surface area contributed by atoms with Crippen molar-refractivity contribution in [2.45, 2.75) is 25.4 Å². The Morgan fingerprint density at radius 2 is 2.42 bits per heavy atom. The first-order chi connectivity index (χ1) is 9.35. The molecule has 0 bridgehead atoms. The first kappa shape index (κ1) is 12.4. The van der Waals surface area contributed by atoms with Crippen LogP contribution in [0, 0.1) is 0 Å². The number of oxazole rings is 1. The molecular weight excluding hydrogens is 244 g/mol. The SMILES string of the molecule is COc1ccc2oc(CNC3CCCOC3)nc2c1. The fraction of sp³-hybridized carbons (Fsp3) is 0.500. The van der Waals surface area contributed by atoms with E-state index in [2.05, 4.69) is 10.3 Å². The first-order valence-electron chi connectivity index (χ1n) is 6.60. The molecule has 1 fully saturated rings. The molecule has 19 heavy (non-hydrogen) atoms. The lowest BCUT2D eigenvalue weighted by molar-refractivity contribution is 0.0692. The van der Waals surface area contributed by atoms with Crippen molar-refractivity contribution in [2.24, 2.45) is 0 Å². The number of hydrogen-bond donors (Lipinski definition) is 1. The Balaban J connectivity index is 1.67. The Labute approximate surface area is 111 Å². The Bertz CT molecular complexity index is 547. The summed E-state index contributed by atoms with van der Waals surface area (Å²) in [7, 11) is 1.65. The zero-order valence-corrected chi connectivity index (χ0v) is 11.0. The summed E-state index contributed by atoms with van der Waals surface area (Å²) in [5.41, 5.74) is 1.62. The maximum Gasteiger partial charge on any atom is 0.209 e. The number of nitrogens with zero attached hydrogens (tertiary/aromatic N) is 1. The van der Waals surface area contributed by atoms with E-state index in [1.807, 2.05) is 18.2 Å². The van der Waals surface area contributed by atoms with E-state index in [1.165, 1.54) is 0 Å². The summed E-state index contributed by atoms with van der Waals surface area (Å²) in [5, 5.41) is 3.41. The van der Waals surface area contributed by atoms with Gasteiger partial charge in [-0.2, -0.15) is 0 Å². The molecular formula is C14H18N2O3. The Kier molecular flexibility index (Phi) is 3.66. The predicted octanol–water partition coefficient (Wildman–Crippen LogP) is 2.10. The van der Waals surface area contributed by atoms with Crippen LogP contribution in [0.2, 0.25) is 0 Å². The van der Waals surface area contributed by atoms with Crippen molar-refractivity contribution in [1.82, 2.24) is 10.3 Å². The molecule has 2 heterocycles. The fourth-order valence-corrected chi connectivity index (χ4v) is 2.29. The number of hydrogen-bond acceptors (Lipinski definition) is 5. The van der Waals surface area contributed by atoms with Gasteiger partial charge in [-0.1, -0.05) is 0 Å². The molecule has 1 unspecified atom stereocenters. The molecule has 102 valence electrons. The van der Waals surface area contributed by atoms with Crippen LogP contribution in [0.1, 0.15) is 18.7 Å². The van der Waals surface area contributed by atoms with Crippen molar-refractivity contribution in [1.29, 1.82) is 0 Å². The van der Waals surface area contributed by atoms with Crippen LogP contribution in [0.4, 0.5) is 0 Å². The van der Waals surface area contributed by atoms with Crippen molar-refractivity contribution in [3.05, 3.63) is 24.1 Å². The van der Waals surface area contributed by atoms with E-state index in [9.17, 15) is 0 Å². The number of benzene rings is 1. The normalized spacial score (nSPS) is 19.7. The highest BCUT2D eigenvalue weighted by atomic mass is 16.5. The quantitative estimate of drug-likeness (QED) is 0.914. The number of fused-ring (bicyclic) bond motifs is 1. The van der Waals surface area contributed by atoms with Crippen LogP contribution in [0.5, 0.6) is 5.75 Å². The fourth-order valence-electron chi connectivity index (χ4n) is 2.29. The van der Waals surface area contributed by atoms with Crippen LogP contribution in [0.15, 0.2) is 22.6 Å². The molecule has 1 N–H and O–H groups in total. The van der Waals surface area contributed by atoms with Gasteiger partial charge in [0, 0.05) is 18.7 Å². The van der Waals surface area contributed by atoms with Gasteiger partial charge in [-0.15, -0.1) is 0 Å². The second-order valence-electron chi connectivity index (χ2n) is 4.74. The van der Waals surface area contributed by atoms with E-state index in [-0.39, 0.29) is 0 Å². The molecule has 0 radical (unpaired) electrons. The minimum Gasteiger partial charge on any atom is -0.497 e. The summed E-state index contributed by atoms with van der Waals surface area (Å²) in [5.74, 6) is 1.50. The van der Waals surface area contributed by atoms with Gasteiger partial charge >= 0.3 is 0 Å². The topological polar surface area (TPSA) is 56.5 Å². The van der Waals surface area contributed by atoms with Crippen molar-refractivity contribution >= 4 is 11.1 Å². The highest BCUT2D eigenvalue weighted by molar-refractivity contribution is 5.74. The summed E-state index contributed by atoms with van der Waals surface area (Å²) < 4.78 is 16.3. The second kappa shape index (κ2) is 5.59. The van der Waals surface area contributed by atoms with Crippen LogP contribution < -0.4 is 10.1 Å². The molecule has 3 rings (SSSR count). The third-order valence-corrected chi connectivity index (χ3v) is 3.34. The third-order valence-electron chi connectivity index (χ3n) is 3.34. The summed E-state index contributed by atoms with van der Waals surface area (Å²) >= 11 is 0. The number of ether oxygens (including phenoxy) is 2. The molecule has 1 aliphatic rings. The van der Waals surface area contributed by atoms with Gasteiger partial charge in [-0.05, 0) is 25.0 Å². The van der Waals surface area contributed by atoms with Crippen molar-refractivity contribution in [2.75, 3.05) is 20.3 Å². The van der Waals surface area contributed by atoms with Gasteiger partial charge in [0.05, 0.1) is 20.3 Å². The number of rotatable bonds is 4. The standard InChI is InChI=1S/C14H18N2O3/c1-17-11-4-5-13-12(7-11)16-14(19-13)8-15-10-3-2-6-18-9-10/h4-5,7,10,15H,2-3,6,8-9H2,1H3. The molecule has 5 nitrogen and oxygen atoms in total. The molecule has 1 atom stereocenters. The number of methoxy groups -OCH3 is 1. The predicted molar refractivity (Wildman–Crippen MR) is 71.2 cm³/mol. The Morgan fingerprint density at radius 3 is 3.21 bits per heavy atom. The van der Waals surface area contributed by atoms with Gasteiger partial charge < -0.3 is 19.2 Å². The van der Waals surface area contributed by atoms with Gasteiger partial charge in [-0.25, -0.2) is 4.98 Å². The molecule has 1 aromatic heterocycles. The summed E-state index contributed by atoms with van der Waals surface area (Å²) in [6.45, 7) is 2.28. The minimum atomic E-state index is 0.401. The molecule has 0 saturated carbocycles.